The predicted octanol–water partition coefficient (Wildman–Crippen LogP) is 0.766. The van der Waals surface area contributed by atoms with Crippen molar-refractivity contribution in [2.45, 2.75) is 26.4 Å². The first-order valence-corrected chi connectivity index (χ1v) is 4.13. The molecule has 0 spiro atoms. The Balaban J connectivity index is 2.85. The van der Waals surface area contributed by atoms with Gasteiger partial charge in [-0.15, -0.1) is 0 Å². The van der Waals surface area contributed by atoms with E-state index in [0.29, 0.717) is 12.0 Å². The van der Waals surface area contributed by atoms with E-state index in [1.165, 1.54) is 0 Å². The smallest absolute Gasteiger partial charge is 0.200 e. The number of nitrogen functional groups attached to an aromatic ring is 1. The van der Waals surface area contributed by atoms with Gasteiger partial charge in [0, 0.05) is 18.8 Å². The minimum atomic E-state index is 0.378. The predicted molar refractivity (Wildman–Crippen MR) is 49.8 cm³/mol. The molecule has 0 bridgehead atoms. The van der Waals surface area contributed by atoms with E-state index in [2.05, 4.69) is 24.1 Å². The number of anilines is 1. The van der Waals surface area contributed by atoms with Gasteiger partial charge in [-0.3, -0.25) is 0 Å². The van der Waals surface area contributed by atoms with Crippen molar-refractivity contribution in [3.63, 3.8) is 0 Å². The first kappa shape index (κ1) is 9.06. The van der Waals surface area contributed by atoms with Gasteiger partial charge in [0.25, 0.3) is 0 Å². The van der Waals surface area contributed by atoms with Crippen molar-refractivity contribution in [3.8, 4) is 0 Å². The van der Waals surface area contributed by atoms with Crippen molar-refractivity contribution >= 4 is 5.95 Å². The van der Waals surface area contributed by atoms with Crippen LogP contribution in [0, 0.1) is 0 Å². The molecule has 0 saturated carbocycles. The topological polar surface area (TPSA) is 55.9 Å². The average Bonchev–Trinajstić information content (AvgIpc) is 2.32. The summed E-state index contributed by atoms with van der Waals surface area (Å²) in [4.78, 5) is 4.20. The fraction of sp³-hybridized carbons (Fsp3) is 0.625. The highest BCUT2D eigenvalue weighted by Gasteiger charge is 2.05. The summed E-state index contributed by atoms with van der Waals surface area (Å²) in [6.45, 7) is 4.94. The summed E-state index contributed by atoms with van der Waals surface area (Å²) >= 11 is 0. The van der Waals surface area contributed by atoms with E-state index >= 15 is 0 Å². The summed E-state index contributed by atoms with van der Waals surface area (Å²) in [6, 6.07) is 0.378. The van der Waals surface area contributed by atoms with Crippen LogP contribution in [0.2, 0.25) is 0 Å². The lowest BCUT2D eigenvalue weighted by Gasteiger charge is -2.06. The molecule has 68 valence electrons. The molecule has 0 fully saturated rings. The highest BCUT2D eigenvalue weighted by atomic mass is 15.2. The van der Waals surface area contributed by atoms with Crippen LogP contribution in [0.3, 0.4) is 0 Å². The van der Waals surface area contributed by atoms with E-state index in [4.69, 9.17) is 5.73 Å². The summed E-state index contributed by atoms with van der Waals surface area (Å²) in [5.41, 5.74) is 6.69. The van der Waals surface area contributed by atoms with Crippen molar-refractivity contribution in [1.29, 1.82) is 0 Å². The van der Waals surface area contributed by atoms with Gasteiger partial charge >= 0.3 is 0 Å². The van der Waals surface area contributed by atoms with E-state index in [-0.39, 0.29) is 0 Å². The summed E-state index contributed by atoms with van der Waals surface area (Å²) < 4.78 is 1.96. The minimum absolute atomic E-state index is 0.378. The Morgan fingerprint density at radius 3 is 2.75 bits per heavy atom. The summed E-state index contributed by atoms with van der Waals surface area (Å²) in [5, 5.41) is 3.03. The third-order valence-corrected chi connectivity index (χ3v) is 1.73. The summed E-state index contributed by atoms with van der Waals surface area (Å²) in [6.07, 6.45) is 1.98. The molecule has 0 aliphatic heterocycles. The maximum Gasteiger partial charge on any atom is 0.200 e. The normalized spacial score (nSPS) is 11.0. The second kappa shape index (κ2) is 3.58. The SMILES string of the molecule is CNCc1cn(C(C)C)c(N)n1. The molecule has 3 N–H and O–H groups in total. The standard InChI is InChI=1S/C8H16N4/c1-6(2)12-5-7(4-10-3)11-8(12)9/h5-6,10H,4H2,1-3H3,(H2,9,11). The molecule has 0 aliphatic carbocycles. The Hall–Kier alpha value is -1.03. The Morgan fingerprint density at radius 2 is 2.33 bits per heavy atom. The molecule has 4 heteroatoms. The molecule has 1 rings (SSSR count). The zero-order valence-corrected chi connectivity index (χ0v) is 7.83. The Bertz CT molecular complexity index is 252. The zero-order valence-electron chi connectivity index (χ0n) is 7.83. The number of aromatic nitrogens is 2. The molecule has 12 heavy (non-hydrogen) atoms. The van der Waals surface area contributed by atoms with E-state index in [0.717, 1.165) is 12.2 Å². The minimum Gasteiger partial charge on any atom is -0.369 e. The number of rotatable bonds is 3. The molecular weight excluding hydrogens is 152 g/mol. The van der Waals surface area contributed by atoms with E-state index in [1.807, 2.05) is 17.8 Å². The van der Waals surface area contributed by atoms with Crippen LogP contribution in [-0.4, -0.2) is 16.6 Å². The van der Waals surface area contributed by atoms with E-state index < -0.39 is 0 Å². The second-order valence-electron chi connectivity index (χ2n) is 3.12. The van der Waals surface area contributed by atoms with Crippen LogP contribution in [0.5, 0.6) is 0 Å². The first-order chi connectivity index (χ1) is 5.65. The molecule has 0 radical (unpaired) electrons. The molecule has 0 atom stereocenters. The first-order valence-electron chi connectivity index (χ1n) is 4.13. The molecule has 4 nitrogen and oxygen atoms in total. The number of nitrogens with zero attached hydrogens (tertiary/aromatic N) is 2. The van der Waals surface area contributed by atoms with Gasteiger partial charge in [0.15, 0.2) is 0 Å². The lowest BCUT2D eigenvalue weighted by atomic mass is 10.4. The van der Waals surface area contributed by atoms with E-state index in [9.17, 15) is 0 Å². The maximum atomic E-state index is 5.70. The Kier molecular flexibility index (Phi) is 2.70. The van der Waals surface area contributed by atoms with Crippen molar-refractivity contribution in [3.05, 3.63) is 11.9 Å². The number of imidazole rings is 1. The molecular formula is C8H16N4. The fourth-order valence-corrected chi connectivity index (χ4v) is 1.14. The number of hydrogen-bond donors (Lipinski definition) is 2. The molecule has 1 aromatic heterocycles. The average molecular weight is 168 g/mol. The largest absolute Gasteiger partial charge is 0.369 e. The van der Waals surface area contributed by atoms with Crippen molar-refractivity contribution in [2.75, 3.05) is 12.8 Å². The third-order valence-electron chi connectivity index (χ3n) is 1.73. The fourth-order valence-electron chi connectivity index (χ4n) is 1.14. The van der Waals surface area contributed by atoms with Crippen LogP contribution in [0.1, 0.15) is 25.6 Å². The highest BCUT2D eigenvalue weighted by molar-refractivity contribution is 5.22. The van der Waals surface area contributed by atoms with Crippen molar-refractivity contribution in [2.24, 2.45) is 0 Å². The van der Waals surface area contributed by atoms with Crippen LogP contribution in [-0.2, 0) is 6.54 Å². The van der Waals surface area contributed by atoms with Gasteiger partial charge in [-0.1, -0.05) is 0 Å². The number of nitrogens with one attached hydrogen (secondary N) is 1. The van der Waals surface area contributed by atoms with Crippen LogP contribution in [0.4, 0.5) is 5.95 Å². The van der Waals surface area contributed by atoms with Gasteiger partial charge in [-0.25, -0.2) is 4.98 Å². The maximum absolute atomic E-state index is 5.70. The van der Waals surface area contributed by atoms with Gasteiger partial charge < -0.3 is 15.6 Å². The number of hydrogen-bond acceptors (Lipinski definition) is 3. The van der Waals surface area contributed by atoms with Gasteiger partial charge in [0.05, 0.1) is 5.69 Å². The zero-order chi connectivity index (χ0) is 9.14. The van der Waals surface area contributed by atoms with Gasteiger partial charge in [-0.05, 0) is 20.9 Å². The molecule has 1 heterocycles. The Labute approximate surface area is 72.8 Å². The van der Waals surface area contributed by atoms with Crippen molar-refractivity contribution < 1.29 is 0 Å². The molecule has 0 unspecified atom stereocenters. The lowest BCUT2D eigenvalue weighted by molar-refractivity contribution is 0.607. The lowest BCUT2D eigenvalue weighted by Crippen LogP contribution is -2.05. The molecule has 0 aliphatic rings. The van der Waals surface area contributed by atoms with Gasteiger partial charge in [-0.2, -0.15) is 0 Å². The van der Waals surface area contributed by atoms with Crippen LogP contribution >= 0.6 is 0 Å². The van der Waals surface area contributed by atoms with Crippen LogP contribution in [0.25, 0.3) is 0 Å². The van der Waals surface area contributed by atoms with Crippen LogP contribution < -0.4 is 11.1 Å². The quantitative estimate of drug-likeness (QED) is 0.700. The highest BCUT2D eigenvalue weighted by Crippen LogP contribution is 2.12. The molecule has 1 aromatic rings. The van der Waals surface area contributed by atoms with E-state index in [1.54, 1.807) is 0 Å². The summed E-state index contributed by atoms with van der Waals surface area (Å²) in [7, 11) is 1.89. The molecule has 0 saturated heterocycles. The third kappa shape index (κ3) is 1.76. The molecule has 0 amide bonds. The summed E-state index contributed by atoms with van der Waals surface area (Å²) in [5.74, 6) is 0.593. The number of nitrogens with two attached hydrogens (primary N) is 1. The Morgan fingerprint density at radius 1 is 1.67 bits per heavy atom. The second-order valence-corrected chi connectivity index (χ2v) is 3.12. The monoisotopic (exact) mass is 168 g/mol. The van der Waals surface area contributed by atoms with Gasteiger partial charge in [0.1, 0.15) is 0 Å². The molecule has 0 aromatic carbocycles. The van der Waals surface area contributed by atoms with Gasteiger partial charge in [0.2, 0.25) is 5.95 Å². The van der Waals surface area contributed by atoms with Crippen LogP contribution in [0.15, 0.2) is 6.20 Å². The van der Waals surface area contributed by atoms with Crippen molar-refractivity contribution in [1.82, 2.24) is 14.9 Å².